The summed E-state index contributed by atoms with van der Waals surface area (Å²) >= 11 is 0. The van der Waals surface area contributed by atoms with Crippen molar-refractivity contribution >= 4 is 7.60 Å². The zero-order valence-electron chi connectivity index (χ0n) is 6.73. The van der Waals surface area contributed by atoms with E-state index in [1.807, 2.05) is 12.2 Å². The Kier molecular flexibility index (Phi) is 5.47. The van der Waals surface area contributed by atoms with E-state index in [9.17, 15) is 4.57 Å². The van der Waals surface area contributed by atoms with Crippen LogP contribution in [0.4, 0.5) is 0 Å². The highest BCUT2D eigenvalue weighted by molar-refractivity contribution is 7.51. The Morgan fingerprint density at radius 3 is 2.27 bits per heavy atom. The molecule has 0 rings (SSSR count). The summed E-state index contributed by atoms with van der Waals surface area (Å²) < 4.78 is 10.3. The van der Waals surface area contributed by atoms with Crippen molar-refractivity contribution in [2.45, 2.75) is 26.2 Å². The SMILES string of the molecule is CCC/C=C/CCP(=O)(O)O. The van der Waals surface area contributed by atoms with Crippen molar-refractivity contribution in [2.75, 3.05) is 6.16 Å². The lowest BCUT2D eigenvalue weighted by molar-refractivity contribution is 0.373. The monoisotopic (exact) mass is 178 g/mol. The molecule has 4 heteroatoms. The van der Waals surface area contributed by atoms with E-state index in [-0.39, 0.29) is 6.16 Å². The molecule has 0 amide bonds. The van der Waals surface area contributed by atoms with Gasteiger partial charge in [0.15, 0.2) is 0 Å². The maximum absolute atomic E-state index is 10.3. The van der Waals surface area contributed by atoms with E-state index in [2.05, 4.69) is 6.92 Å². The number of unbranched alkanes of at least 4 members (excludes halogenated alkanes) is 1. The molecular weight excluding hydrogens is 163 g/mol. The minimum Gasteiger partial charge on any atom is -0.324 e. The molecule has 0 radical (unpaired) electrons. The Balaban J connectivity index is 3.34. The molecule has 2 N–H and O–H groups in total. The van der Waals surface area contributed by atoms with Gasteiger partial charge in [-0.3, -0.25) is 4.57 Å². The van der Waals surface area contributed by atoms with E-state index >= 15 is 0 Å². The molecule has 11 heavy (non-hydrogen) atoms. The summed E-state index contributed by atoms with van der Waals surface area (Å²) in [5, 5.41) is 0. The van der Waals surface area contributed by atoms with Gasteiger partial charge in [-0.25, -0.2) is 0 Å². The number of hydrogen-bond acceptors (Lipinski definition) is 1. The Hall–Kier alpha value is -0.110. The van der Waals surface area contributed by atoms with Gasteiger partial charge in [0.05, 0.1) is 6.16 Å². The highest BCUT2D eigenvalue weighted by atomic mass is 31.2. The van der Waals surface area contributed by atoms with Crippen LogP contribution in [0.5, 0.6) is 0 Å². The molecule has 0 saturated heterocycles. The van der Waals surface area contributed by atoms with Gasteiger partial charge >= 0.3 is 7.60 Å². The van der Waals surface area contributed by atoms with Gasteiger partial charge in [0, 0.05) is 0 Å². The van der Waals surface area contributed by atoms with Gasteiger partial charge < -0.3 is 9.79 Å². The number of allylic oxidation sites excluding steroid dienone is 2. The predicted octanol–water partition coefficient (Wildman–Crippen LogP) is 1.91. The van der Waals surface area contributed by atoms with Gasteiger partial charge in [0.1, 0.15) is 0 Å². The van der Waals surface area contributed by atoms with E-state index in [1.165, 1.54) is 0 Å². The van der Waals surface area contributed by atoms with E-state index < -0.39 is 7.60 Å². The minimum atomic E-state index is -3.77. The molecule has 0 saturated carbocycles. The van der Waals surface area contributed by atoms with E-state index in [1.54, 1.807) is 0 Å². The highest BCUT2D eigenvalue weighted by Gasteiger charge is 2.09. The largest absolute Gasteiger partial charge is 0.325 e. The van der Waals surface area contributed by atoms with Crippen LogP contribution in [-0.2, 0) is 4.57 Å². The second-order valence-corrected chi connectivity index (χ2v) is 4.21. The van der Waals surface area contributed by atoms with Crippen molar-refractivity contribution in [3.63, 3.8) is 0 Å². The van der Waals surface area contributed by atoms with Gasteiger partial charge in [-0.1, -0.05) is 25.5 Å². The molecule has 0 aliphatic carbocycles. The van der Waals surface area contributed by atoms with Crippen LogP contribution in [0.3, 0.4) is 0 Å². The Morgan fingerprint density at radius 1 is 1.27 bits per heavy atom. The molecule has 0 aromatic carbocycles. The van der Waals surface area contributed by atoms with Gasteiger partial charge in [0.25, 0.3) is 0 Å². The maximum Gasteiger partial charge on any atom is 0.325 e. The summed E-state index contributed by atoms with van der Waals surface area (Å²) in [4.78, 5) is 16.9. The standard InChI is InChI=1S/C7H15O3P/c1-2-3-4-5-6-7-11(8,9)10/h4-5H,2-3,6-7H2,1H3,(H2,8,9,10)/b5-4+. The zero-order valence-corrected chi connectivity index (χ0v) is 7.63. The smallest absolute Gasteiger partial charge is 0.324 e. The van der Waals surface area contributed by atoms with Gasteiger partial charge in [-0.15, -0.1) is 0 Å². The molecule has 0 spiro atoms. The Labute approximate surface area is 67.3 Å². The molecule has 0 fully saturated rings. The molecule has 3 nitrogen and oxygen atoms in total. The molecule has 0 heterocycles. The first kappa shape index (κ1) is 10.9. The Bertz CT molecular complexity index is 159. The predicted molar refractivity (Wildman–Crippen MR) is 45.6 cm³/mol. The fourth-order valence-corrected chi connectivity index (χ4v) is 1.13. The summed E-state index contributed by atoms with van der Waals surface area (Å²) in [5.41, 5.74) is 0. The lowest BCUT2D eigenvalue weighted by Crippen LogP contribution is -1.84. The van der Waals surface area contributed by atoms with Crippen molar-refractivity contribution in [3.05, 3.63) is 12.2 Å². The first-order chi connectivity index (χ1) is 5.06. The van der Waals surface area contributed by atoms with Crippen LogP contribution in [0.2, 0.25) is 0 Å². The fraction of sp³-hybridized carbons (Fsp3) is 0.714. The maximum atomic E-state index is 10.3. The summed E-state index contributed by atoms with van der Waals surface area (Å²) in [7, 11) is -3.77. The lowest BCUT2D eigenvalue weighted by atomic mass is 10.3. The summed E-state index contributed by atoms with van der Waals surface area (Å²) in [6, 6.07) is 0. The average molecular weight is 178 g/mol. The van der Waals surface area contributed by atoms with Crippen LogP contribution in [0.1, 0.15) is 26.2 Å². The van der Waals surface area contributed by atoms with Crippen LogP contribution in [0.25, 0.3) is 0 Å². The van der Waals surface area contributed by atoms with Crippen LogP contribution in [-0.4, -0.2) is 15.9 Å². The lowest BCUT2D eigenvalue weighted by Gasteiger charge is -1.98. The molecule has 0 aromatic heterocycles. The van der Waals surface area contributed by atoms with E-state index in [0.717, 1.165) is 12.8 Å². The highest BCUT2D eigenvalue weighted by Crippen LogP contribution is 2.34. The summed E-state index contributed by atoms with van der Waals surface area (Å²) in [6.45, 7) is 2.06. The third kappa shape index (κ3) is 9.89. The number of rotatable bonds is 5. The normalized spacial score (nSPS) is 12.6. The molecule has 0 unspecified atom stereocenters. The molecule has 0 aliphatic rings. The van der Waals surface area contributed by atoms with Crippen molar-refractivity contribution < 1.29 is 14.4 Å². The van der Waals surface area contributed by atoms with Crippen molar-refractivity contribution in [1.82, 2.24) is 0 Å². The van der Waals surface area contributed by atoms with Gasteiger partial charge in [0.2, 0.25) is 0 Å². The molecular formula is C7H15O3P. The third-order valence-electron chi connectivity index (χ3n) is 1.21. The first-order valence-corrected chi connectivity index (χ1v) is 5.55. The quantitative estimate of drug-likeness (QED) is 0.499. The number of hydrogen-bond donors (Lipinski definition) is 2. The second kappa shape index (κ2) is 5.53. The summed E-state index contributed by atoms with van der Waals surface area (Å²) in [6.07, 6.45) is 6.28. The second-order valence-electron chi connectivity index (χ2n) is 2.44. The molecule has 0 aliphatic heterocycles. The van der Waals surface area contributed by atoms with E-state index in [4.69, 9.17) is 9.79 Å². The van der Waals surface area contributed by atoms with Crippen LogP contribution < -0.4 is 0 Å². The molecule has 0 atom stereocenters. The average Bonchev–Trinajstić information content (AvgIpc) is 1.85. The summed E-state index contributed by atoms with van der Waals surface area (Å²) in [5.74, 6) is 0. The molecule has 0 aromatic rings. The van der Waals surface area contributed by atoms with Crippen molar-refractivity contribution in [2.24, 2.45) is 0 Å². The Morgan fingerprint density at radius 2 is 1.82 bits per heavy atom. The van der Waals surface area contributed by atoms with E-state index in [0.29, 0.717) is 6.42 Å². The fourth-order valence-electron chi connectivity index (χ4n) is 0.645. The molecule has 0 bridgehead atoms. The van der Waals surface area contributed by atoms with Crippen LogP contribution >= 0.6 is 7.60 Å². The van der Waals surface area contributed by atoms with Gasteiger partial charge in [-0.2, -0.15) is 0 Å². The minimum absolute atomic E-state index is 0.0345. The van der Waals surface area contributed by atoms with Crippen molar-refractivity contribution in [3.8, 4) is 0 Å². The first-order valence-electron chi connectivity index (χ1n) is 3.76. The third-order valence-corrected chi connectivity index (χ3v) is 2.05. The van der Waals surface area contributed by atoms with Crippen LogP contribution in [0.15, 0.2) is 12.2 Å². The zero-order chi connectivity index (χ0) is 8.74. The van der Waals surface area contributed by atoms with Gasteiger partial charge in [-0.05, 0) is 12.8 Å². The molecule has 66 valence electrons. The van der Waals surface area contributed by atoms with Crippen molar-refractivity contribution in [1.29, 1.82) is 0 Å². The topological polar surface area (TPSA) is 57.5 Å². The van der Waals surface area contributed by atoms with Crippen LogP contribution in [0, 0.1) is 0 Å².